The first kappa shape index (κ1) is 31.6. The number of carbonyl (C=O) groups is 2. The number of non-ortho nitro benzene ring substituents is 1. The van der Waals surface area contributed by atoms with Crippen molar-refractivity contribution in [2.45, 2.75) is 45.3 Å². The third-order valence-corrected chi connectivity index (χ3v) is 7.46. The minimum Gasteiger partial charge on any atom is -0.493 e. The van der Waals surface area contributed by atoms with E-state index in [1.807, 2.05) is 26.0 Å². The standard InChI is InChI=1S/C31H38N4O8/c1-6-42-30(38)26-19(2)33-23-16-34(29(37)28(23)27(26)20-10-9-11-21(14-20)35(39)40)18-31(3,4)32-15-22(36)17-43-25-13-8-7-12-24(25)41-5/h7-14,22,26-27,32,36H,6,15-18H2,1-5H3. The number of β-amino-alcohol motifs (C(OH)–C–C–N with tert-alkyl or cyclic N) is 1. The Bertz CT molecular complexity index is 1440. The third kappa shape index (κ3) is 7.20. The van der Waals surface area contributed by atoms with Gasteiger partial charge in [0.15, 0.2) is 11.5 Å². The van der Waals surface area contributed by atoms with Crippen molar-refractivity contribution in [2.75, 3.05) is 40.0 Å². The number of ether oxygens (including phenoxy) is 3. The van der Waals surface area contributed by atoms with Gasteiger partial charge in [-0.1, -0.05) is 24.3 Å². The van der Waals surface area contributed by atoms with Crippen LogP contribution in [-0.4, -0.2) is 84.1 Å². The number of methoxy groups -OCH3 is 1. The molecule has 0 fully saturated rings. The van der Waals surface area contributed by atoms with Crippen LogP contribution >= 0.6 is 0 Å². The van der Waals surface area contributed by atoms with E-state index in [9.17, 15) is 24.8 Å². The van der Waals surface area contributed by atoms with Crippen LogP contribution in [0.4, 0.5) is 5.69 Å². The zero-order chi connectivity index (χ0) is 31.3. The van der Waals surface area contributed by atoms with Crippen LogP contribution in [0.1, 0.15) is 39.2 Å². The van der Waals surface area contributed by atoms with E-state index in [0.29, 0.717) is 34.0 Å². The second kappa shape index (κ2) is 13.3. The summed E-state index contributed by atoms with van der Waals surface area (Å²) in [5.41, 5.74) is 1.07. The van der Waals surface area contributed by atoms with Crippen molar-refractivity contribution < 1.29 is 33.8 Å². The Balaban J connectivity index is 1.48. The molecule has 4 rings (SSSR count). The van der Waals surface area contributed by atoms with Gasteiger partial charge in [0.2, 0.25) is 0 Å². The lowest BCUT2D eigenvalue weighted by Crippen LogP contribution is -2.52. The predicted molar refractivity (Wildman–Crippen MR) is 159 cm³/mol. The summed E-state index contributed by atoms with van der Waals surface area (Å²) in [7, 11) is 1.55. The van der Waals surface area contributed by atoms with Crippen LogP contribution in [0.3, 0.4) is 0 Å². The van der Waals surface area contributed by atoms with Gasteiger partial charge in [0, 0.05) is 48.0 Å². The molecule has 12 nitrogen and oxygen atoms in total. The molecule has 1 amide bonds. The van der Waals surface area contributed by atoms with Crippen molar-refractivity contribution in [3.8, 4) is 11.5 Å². The lowest BCUT2D eigenvalue weighted by molar-refractivity contribution is -0.384. The number of para-hydroxylation sites is 2. The van der Waals surface area contributed by atoms with Crippen molar-refractivity contribution >= 4 is 23.3 Å². The number of nitrogens with zero attached hydrogens (tertiary/aromatic N) is 3. The number of nitro benzene ring substituents is 1. The summed E-state index contributed by atoms with van der Waals surface area (Å²) in [6, 6.07) is 13.2. The van der Waals surface area contributed by atoms with E-state index in [1.165, 1.54) is 12.1 Å². The largest absolute Gasteiger partial charge is 0.493 e. The molecule has 0 saturated carbocycles. The van der Waals surface area contributed by atoms with Crippen LogP contribution in [0.5, 0.6) is 11.5 Å². The van der Waals surface area contributed by atoms with Gasteiger partial charge in [-0.2, -0.15) is 0 Å². The minimum atomic E-state index is -0.894. The predicted octanol–water partition coefficient (Wildman–Crippen LogP) is 3.25. The molecule has 43 heavy (non-hydrogen) atoms. The van der Waals surface area contributed by atoms with Gasteiger partial charge in [-0.15, -0.1) is 0 Å². The van der Waals surface area contributed by atoms with Crippen molar-refractivity contribution in [1.82, 2.24) is 10.2 Å². The zero-order valence-electron chi connectivity index (χ0n) is 25.0. The molecule has 0 bridgehead atoms. The van der Waals surface area contributed by atoms with E-state index in [1.54, 1.807) is 50.1 Å². The van der Waals surface area contributed by atoms with Crippen LogP contribution < -0.4 is 14.8 Å². The summed E-state index contributed by atoms with van der Waals surface area (Å²) in [6.07, 6.45) is -0.833. The molecule has 2 aliphatic heterocycles. The molecular formula is C31H38N4O8. The number of hydrogen-bond donors (Lipinski definition) is 2. The number of amides is 1. The van der Waals surface area contributed by atoms with Gasteiger partial charge < -0.3 is 29.5 Å². The van der Waals surface area contributed by atoms with Crippen molar-refractivity contribution in [2.24, 2.45) is 10.9 Å². The average Bonchev–Trinajstić information content (AvgIpc) is 3.27. The summed E-state index contributed by atoms with van der Waals surface area (Å²) in [4.78, 5) is 44.3. The second-order valence-electron chi connectivity index (χ2n) is 11.2. The molecule has 0 saturated heterocycles. The molecule has 0 aliphatic carbocycles. The Kier molecular flexibility index (Phi) is 9.82. The van der Waals surface area contributed by atoms with E-state index in [-0.39, 0.29) is 44.4 Å². The van der Waals surface area contributed by atoms with Crippen molar-refractivity contribution in [3.63, 3.8) is 0 Å². The van der Waals surface area contributed by atoms with Crippen LogP contribution in [0.25, 0.3) is 0 Å². The normalized spacial score (nSPS) is 19.1. The Morgan fingerprint density at radius 2 is 1.95 bits per heavy atom. The first-order valence-electron chi connectivity index (χ1n) is 14.1. The van der Waals surface area contributed by atoms with Gasteiger partial charge >= 0.3 is 5.97 Å². The summed E-state index contributed by atoms with van der Waals surface area (Å²) in [5.74, 6) is -1.42. The first-order chi connectivity index (χ1) is 20.5. The van der Waals surface area contributed by atoms with Gasteiger partial charge in [0.25, 0.3) is 11.6 Å². The molecule has 12 heteroatoms. The fraction of sp³-hybridized carbons (Fsp3) is 0.452. The molecule has 230 valence electrons. The van der Waals surface area contributed by atoms with Crippen LogP contribution in [0.2, 0.25) is 0 Å². The number of benzene rings is 2. The number of esters is 1. The fourth-order valence-corrected chi connectivity index (χ4v) is 5.50. The maximum atomic E-state index is 13.9. The van der Waals surface area contributed by atoms with Gasteiger partial charge in [0.05, 0.1) is 30.9 Å². The SMILES string of the molecule is CCOC(=O)C1C(C)=NC2=C(C(=O)N(CC(C)(C)NCC(O)COc3ccccc3OC)C2)C1c1cccc([N+](=O)[O-])c1. The molecule has 2 aliphatic rings. The number of rotatable bonds is 13. The molecule has 3 atom stereocenters. The third-order valence-electron chi connectivity index (χ3n) is 7.46. The topological polar surface area (TPSA) is 153 Å². The van der Waals surface area contributed by atoms with Gasteiger partial charge in [-0.25, -0.2) is 0 Å². The second-order valence-corrected chi connectivity index (χ2v) is 11.2. The van der Waals surface area contributed by atoms with E-state index in [0.717, 1.165) is 0 Å². The molecule has 0 aromatic heterocycles. The first-order valence-corrected chi connectivity index (χ1v) is 14.1. The smallest absolute Gasteiger partial charge is 0.315 e. The molecule has 2 aromatic carbocycles. The lowest BCUT2D eigenvalue weighted by Gasteiger charge is -2.33. The van der Waals surface area contributed by atoms with Gasteiger partial charge in [-0.3, -0.25) is 24.7 Å². The van der Waals surface area contributed by atoms with E-state index >= 15 is 0 Å². The molecule has 2 aromatic rings. The Morgan fingerprint density at radius 1 is 1.23 bits per heavy atom. The fourth-order valence-electron chi connectivity index (χ4n) is 5.50. The maximum absolute atomic E-state index is 13.9. The van der Waals surface area contributed by atoms with E-state index < -0.39 is 34.4 Å². The highest BCUT2D eigenvalue weighted by molar-refractivity contribution is 6.09. The summed E-state index contributed by atoms with van der Waals surface area (Å²) in [6.45, 7) is 8.12. The highest BCUT2D eigenvalue weighted by Gasteiger charge is 2.47. The lowest BCUT2D eigenvalue weighted by atomic mass is 9.76. The number of carbonyl (C=O) groups excluding carboxylic acids is 2. The van der Waals surface area contributed by atoms with E-state index in [2.05, 4.69) is 10.3 Å². The Hall–Kier alpha value is -4.29. The summed E-state index contributed by atoms with van der Waals surface area (Å²) in [5, 5.41) is 25.4. The average molecular weight is 595 g/mol. The number of nitrogens with one attached hydrogen (secondary N) is 1. The Labute approximate surface area is 250 Å². The molecule has 0 radical (unpaired) electrons. The minimum absolute atomic E-state index is 0.0378. The van der Waals surface area contributed by atoms with Gasteiger partial charge in [-0.05, 0) is 45.4 Å². The number of nitro groups is 1. The zero-order valence-corrected chi connectivity index (χ0v) is 25.0. The highest BCUT2D eigenvalue weighted by Crippen LogP contribution is 2.44. The number of hydrogen-bond acceptors (Lipinski definition) is 10. The van der Waals surface area contributed by atoms with Crippen molar-refractivity contribution in [3.05, 3.63) is 75.5 Å². The Morgan fingerprint density at radius 3 is 2.63 bits per heavy atom. The van der Waals surface area contributed by atoms with E-state index in [4.69, 9.17) is 14.2 Å². The van der Waals surface area contributed by atoms with Gasteiger partial charge in [0.1, 0.15) is 18.6 Å². The van der Waals surface area contributed by atoms with Crippen LogP contribution in [-0.2, 0) is 14.3 Å². The molecule has 3 unspecified atom stereocenters. The number of aliphatic hydroxyl groups is 1. The number of aliphatic hydroxyl groups excluding tert-OH is 1. The van der Waals surface area contributed by atoms with Crippen LogP contribution in [0.15, 0.2) is 64.8 Å². The number of aliphatic imine (C=N–C) groups is 1. The molecule has 2 N–H and O–H groups in total. The quantitative estimate of drug-likeness (QED) is 0.202. The summed E-state index contributed by atoms with van der Waals surface area (Å²) >= 11 is 0. The maximum Gasteiger partial charge on any atom is 0.315 e. The molecular weight excluding hydrogens is 556 g/mol. The highest BCUT2D eigenvalue weighted by atomic mass is 16.6. The monoisotopic (exact) mass is 594 g/mol. The molecule has 2 heterocycles. The summed E-state index contributed by atoms with van der Waals surface area (Å²) < 4.78 is 16.3. The molecule has 0 spiro atoms. The van der Waals surface area contributed by atoms with Crippen molar-refractivity contribution in [1.29, 1.82) is 0 Å². The van der Waals surface area contributed by atoms with Crippen LogP contribution in [0, 0.1) is 16.0 Å².